The molecule has 110 valence electrons. The molecular formula is C14H21N3O2S. The predicted octanol–water partition coefficient (Wildman–Crippen LogP) is 2.59. The Morgan fingerprint density at radius 1 is 1.40 bits per heavy atom. The third-order valence-electron chi connectivity index (χ3n) is 3.01. The first-order valence-corrected chi connectivity index (χ1v) is 8.37. The number of rotatable bonds is 8. The molecule has 0 saturated carbocycles. The van der Waals surface area contributed by atoms with Crippen LogP contribution in [0.3, 0.4) is 0 Å². The summed E-state index contributed by atoms with van der Waals surface area (Å²) in [4.78, 5) is 3.72. The highest BCUT2D eigenvalue weighted by Gasteiger charge is 2.21. The molecule has 0 aliphatic rings. The van der Waals surface area contributed by atoms with E-state index < -0.39 is 10.0 Å². The molecule has 5 nitrogen and oxygen atoms in total. The number of sulfonamides is 1. The molecule has 1 N–H and O–H groups in total. The van der Waals surface area contributed by atoms with E-state index in [1.165, 1.54) is 24.8 Å². The molecule has 1 unspecified atom stereocenters. The zero-order chi connectivity index (χ0) is 15.0. The molecule has 20 heavy (non-hydrogen) atoms. The van der Waals surface area contributed by atoms with Crippen LogP contribution >= 0.6 is 0 Å². The summed E-state index contributed by atoms with van der Waals surface area (Å²) in [5.41, 5.74) is -0.0711. The van der Waals surface area contributed by atoms with Crippen LogP contribution in [0.4, 0.5) is 0 Å². The van der Waals surface area contributed by atoms with Gasteiger partial charge in [-0.25, -0.2) is 18.1 Å². The minimum Gasteiger partial charge on any atom is -0.244 e. The predicted molar refractivity (Wildman–Crippen MR) is 77.5 cm³/mol. The third-order valence-corrected chi connectivity index (χ3v) is 4.63. The summed E-state index contributed by atoms with van der Waals surface area (Å²) in [6.07, 6.45) is 6.63. The standard InChI is InChI=1S/C14H21N3O2S/c1-3-4-5-6-8-12(2)17-20(18,19)14-9-7-10-16-13(14)11-15/h7,9-10,12,17H,3-6,8H2,1-2H3. The van der Waals surface area contributed by atoms with Gasteiger partial charge in [-0.05, 0) is 25.5 Å². The molecular weight excluding hydrogens is 274 g/mol. The van der Waals surface area contributed by atoms with E-state index in [1.807, 2.05) is 6.92 Å². The van der Waals surface area contributed by atoms with Gasteiger partial charge < -0.3 is 0 Å². The SMILES string of the molecule is CCCCCCC(C)NS(=O)(=O)c1cccnc1C#N. The molecule has 0 bridgehead atoms. The van der Waals surface area contributed by atoms with Crippen molar-refractivity contribution in [1.82, 2.24) is 9.71 Å². The number of hydrogen-bond donors (Lipinski definition) is 1. The molecule has 0 aromatic carbocycles. The smallest absolute Gasteiger partial charge is 0.243 e. The van der Waals surface area contributed by atoms with Crippen molar-refractivity contribution in [3.8, 4) is 6.07 Å². The highest BCUT2D eigenvalue weighted by Crippen LogP contribution is 2.14. The second-order valence-electron chi connectivity index (χ2n) is 4.83. The monoisotopic (exact) mass is 295 g/mol. The van der Waals surface area contributed by atoms with E-state index in [1.54, 1.807) is 6.07 Å². The Labute approximate surface area is 121 Å². The van der Waals surface area contributed by atoms with Crippen molar-refractivity contribution in [1.29, 1.82) is 5.26 Å². The first-order valence-electron chi connectivity index (χ1n) is 6.88. The van der Waals surface area contributed by atoms with Gasteiger partial charge in [-0.2, -0.15) is 5.26 Å². The molecule has 1 aromatic heterocycles. The maximum atomic E-state index is 12.2. The van der Waals surface area contributed by atoms with Gasteiger partial charge in [-0.15, -0.1) is 0 Å². The number of aromatic nitrogens is 1. The van der Waals surface area contributed by atoms with Gasteiger partial charge in [0.25, 0.3) is 0 Å². The Hall–Kier alpha value is -1.45. The van der Waals surface area contributed by atoms with Crippen LogP contribution in [0.5, 0.6) is 0 Å². The summed E-state index contributed by atoms with van der Waals surface area (Å²) in [5, 5.41) is 8.91. The summed E-state index contributed by atoms with van der Waals surface area (Å²) < 4.78 is 27.0. The van der Waals surface area contributed by atoms with Crippen molar-refractivity contribution in [2.24, 2.45) is 0 Å². The number of nitrogens with zero attached hydrogens (tertiary/aromatic N) is 2. The molecule has 0 aliphatic heterocycles. The fourth-order valence-electron chi connectivity index (χ4n) is 1.96. The lowest BCUT2D eigenvalue weighted by molar-refractivity contribution is 0.521. The van der Waals surface area contributed by atoms with Crippen molar-refractivity contribution in [3.63, 3.8) is 0 Å². The topological polar surface area (TPSA) is 82.8 Å². The number of nitrogens with one attached hydrogen (secondary N) is 1. The zero-order valence-electron chi connectivity index (χ0n) is 12.0. The van der Waals surface area contributed by atoms with Crippen LogP contribution in [0.15, 0.2) is 23.2 Å². The van der Waals surface area contributed by atoms with E-state index in [0.29, 0.717) is 0 Å². The average Bonchev–Trinajstić information content (AvgIpc) is 2.43. The summed E-state index contributed by atoms with van der Waals surface area (Å²) in [6, 6.07) is 4.57. The lowest BCUT2D eigenvalue weighted by atomic mass is 10.1. The van der Waals surface area contributed by atoms with Crippen molar-refractivity contribution < 1.29 is 8.42 Å². The van der Waals surface area contributed by atoms with E-state index in [9.17, 15) is 8.42 Å². The van der Waals surface area contributed by atoms with Crippen molar-refractivity contribution in [3.05, 3.63) is 24.0 Å². The Morgan fingerprint density at radius 3 is 2.80 bits per heavy atom. The van der Waals surface area contributed by atoms with Gasteiger partial charge in [0.15, 0.2) is 5.69 Å². The molecule has 0 aliphatic carbocycles. The maximum Gasteiger partial charge on any atom is 0.243 e. The largest absolute Gasteiger partial charge is 0.244 e. The lowest BCUT2D eigenvalue weighted by Gasteiger charge is -2.14. The average molecular weight is 295 g/mol. The van der Waals surface area contributed by atoms with Crippen LogP contribution < -0.4 is 4.72 Å². The van der Waals surface area contributed by atoms with Gasteiger partial charge in [0.1, 0.15) is 11.0 Å². The normalized spacial score (nSPS) is 12.8. The fraction of sp³-hybridized carbons (Fsp3) is 0.571. The molecule has 0 amide bonds. The molecule has 1 atom stereocenters. The molecule has 0 spiro atoms. The zero-order valence-corrected chi connectivity index (χ0v) is 12.8. The Bertz CT molecular complexity index is 564. The lowest BCUT2D eigenvalue weighted by Crippen LogP contribution is -2.33. The minimum atomic E-state index is -3.68. The van der Waals surface area contributed by atoms with Crippen LogP contribution in [-0.4, -0.2) is 19.4 Å². The first-order chi connectivity index (χ1) is 9.51. The highest BCUT2D eigenvalue weighted by atomic mass is 32.2. The van der Waals surface area contributed by atoms with Crippen LogP contribution in [0.1, 0.15) is 51.6 Å². The van der Waals surface area contributed by atoms with Gasteiger partial charge in [0.05, 0.1) is 0 Å². The molecule has 6 heteroatoms. The van der Waals surface area contributed by atoms with E-state index >= 15 is 0 Å². The molecule has 0 saturated heterocycles. The highest BCUT2D eigenvalue weighted by molar-refractivity contribution is 7.89. The molecule has 0 fully saturated rings. The first kappa shape index (κ1) is 16.6. The third kappa shape index (κ3) is 4.91. The molecule has 0 radical (unpaired) electrons. The fourth-order valence-corrected chi connectivity index (χ4v) is 3.34. The van der Waals surface area contributed by atoms with Gasteiger partial charge in [-0.1, -0.05) is 32.6 Å². The van der Waals surface area contributed by atoms with Gasteiger partial charge >= 0.3 is 0 Å². The maximum absolute atomic E-state index is 12.2. The van der Waals surface area contributed by atoms with E-state index in [2.05, 4.69) is 16.6 Å². The number of unbranched alkanes of at least 4 members (excludes halogenated alkanes) is 3. The number of nitriles is 1. The van der Waals surface area contributed by atoms with Crippen LogP contribution in [-0.2, 0) is 10.0 Å². The van der Waals surface area contributed by atoms with Crippen molar-refractivity contribution in [2.75, 3.05) is 0 Å². The van der Waals surface area contributed by atoms with Gasteiger partial charge in [0.2, 0.25) is 10.0 Å². The van der Waals surface area contributed by atoms with E-state index in [0.717, 1.165) is 25.7 Å². The second kappa shape index (κ2) is 7.98. The Morgan fingerprint density at radius 2 is 2.15 bits per heavy atom. The summed E-state index contributed by atoms with van der Waals surface area (Å²) in [6.45, 7) is 3.98. The van der Waals surface area contributed by atoms with Gasteiger partial charge in [-0.3, -0.25) is 0 Å². The number of pyridine rings is 1. The Kier molecular flexibility index (Phi) is 6.62. The second-order valence-corrected chi connectivity index (χ2v) is 6.52. The summed E-state index contributed by atoms with van der Waals surface area (Å²) in [7, 11) is -3.68. The van der Waals surface area contributed by atoms with Crippen LogP contribution in [0, 0.1) is 11.3 Å². The van der Waals surface area contributed by atoms with E-state index in [4.69, 9.17) is 5.26 Å². The Balaban J connectivity index is 2.68. The van der Waals surface area contributed by atoms with E-state index in [-0.39, 0.29) is 16.6 Å². The van der Waals surface area contributed by atoms with Crippen LogP contribution in [0.2, 0.25) is 0 Å². The number of hydrogen-bond acceptors (Lipinski definition) is 4. The van der Waals surface area contributed by atoms with Crippen LogP contribution in [0.25, 0.3) is 0 Å². The molecule has 1 heterocycles. The van der Waals surface area contributed by atoms with Gasteiger partial charge in [0, 0.05) is 12.2 Å². The minimum absolute atomic E-state index is 0.0529. The molecule has 1 rings (SSSR count). The summed E-state index contributed by atoms with van der Waals surface area (Å²) in [5.74, 6) is 0. The summed E-state index contributed by atoms with van der Waals surface area (Å²) >= 11 is 0. The molecule has 1 aromatic rings. The quantitative estimate of drug-likeness (QED) is 0.747. The van der Waals surface area contributed by atoms with Crippen molar-refractivity contribution in [2.45, 2.75) is 56.9 Å². The van der Waals surface area contributed by atoms with Crippen molar-refractivity contribution >= 4 is 10.0 Å².